The molecule has 1 aromatic heterocycles. The van der Waals surface area contributed by atoms with E-state index in [1.165, 1.54) is 32.1 Å². The summed E-state index contributed by atoms with van der Waals surface area (Å²) in [7, 11) is 0. The molecule has 0 saturated carbocycles. The van der Waals surface area contributed by atoms with Crippen LogP contribution in [-0.2, 0) is 6.54 Å². The summed E-state index contributed by atoms with van der Waals surface area (Å²) in [6.07, 6.45) is 10.6. The summed E-state index contributed by atoms with van der Waals surface area (Å²) in [6, 6.07) is 8.23. The minimum Gasteiger partial charge on any atom is -0.493 e. The zero-order valence-corrected chi connectivity index (χ0v) is 13.3. The van der Waals surface area contributed by atoms with Gasteiger partial charge in [-0.1, -0.05) is 38.3 Å². The Morgan fingerprint density at radius 1 is 1.05 bits per heavy atom. The van der Waals surface area contributed by atoms with Crippen LogP contribution in [0.15, 0.2) is 36.7 Å². The van der Waals surface area contributed by atoms with E-state index in [2.05, 4.69) is 34.8 Å². The van der Waals surface area contributed by atoms with Crippen LogP contribution in [0.1, 0.15) is 46.0 Å². The quantitative estimate of drug-likeness (QED) is 0.539. The standard InChI is InChI=1S/C18H26N2O/c1-3-5-6-7-10-14-20-15-13-19-18(20)16-11-8-9-12-17(16)21-4-2/h8-9,11-13,15H,3-7,10,14H2,1-2H3/p+1. The Labute approximate surface area is 128 Å². The first-order chi connectivity index (χ1) is 10.4. The van der Waals surface area contributed by atoms with Crippen molar-refractivity contribution in [3.63, 3.8) is 0 Å². The maximum atomic E-state index is 5.74. The van der Waals surface area contributed by atoms with Gasteiger partial charge in [0, 0.05) is 0 Å². The van der Waals surface area contributed by atoms with E-state index in [-0.39, 0.29) is 0 Å². The molecule has 2 aromatic rings. The van der Waals surface area contributed by atoms with E-state index in [9.17, 15) is 0 Å². The highest BCUT2D eigenvalue weighted by Crippen LogP contribution is 2.26. The number of nitrogens with one attached hydrogen (secondary N) is 1. The smallest absolute Gasteiger partial charge is 0.290 e. The summed E-state index contributed by atoms with van der Waals surface area (Å²) in [5.74, 6) is 2.08. The molecule has 3 nitrogen and oxygen atoms in total. The lowest BCUT2D eigenvalue weighted by Crippen LogP contribution is -2.33. The third kappa shape index (κ3) is 4.35. The molecule has 2 rings (SSSR count). The molecule has 1 N–H and O–H groups in total. The Kier molecular flexibility index (Phi) is 6.32. The molecule has 0 amide bonds. The molecule has 0 spiro atoms. The Morgan fingerprint density at radius 2 is 1.86 bits per heavy atom. The molecule has 114 valence electrons. The van der Waals surface area contributed by atoms with Gasteiger partial charge in [0.05, 0.1) is 13.2 Å². The van der Waals surface area contributed by atoms with Gasteiger partial charge in [-0.3, -0.25) is 0 Å². The Balaban J connectivity index is 2.06. The molecule has 0 aliphatic carbocycles. The van der Waals surface area contributed by atoms with Crippen LogP contribution in [0.5, 0.6) is 5.75 Å². The summed E-state index contributed by atoms with van der Waals surface area (Å²) < 4.78 is 8.04. The van der Waals surface area contributed by atoms with Crippen molar-refractivity contribution in [2.75, 3.05) is 6.61 Å². The van der Waals surface area contributed by atoms with Crippen molar-refractivity contribution in [1.82, 2.24) is 4.98 Å². The predicted octanol–water partition coefficient (Wildman–Crippen LogP) is 4.34. The van der Waals surface area contributed by atoms with Gasteiger partial charge < -0.3 is 4.74 Å². The number of aryl methyl sites for hydroxylation is 1. The number of rotatable bonds is 9. The second-order valence-electron chi connectivity index (χ2n) is 5.35. The second kappa shape index (κ2) is 8.50. The maximum Gasteiger partial charge on any atom is 0.290 e. The average Bonchev–Trinajstić information content (AvgIpc) is 2.96. The van der Waals surface area contributed by atoms with Gasteiger partial charge >= 0.3 is 0 Å². The lowest BCUT2D eigenvalue weighted by Gasteiger charge is -2.08. The highest BCUT2D eigenvalue weighted by atomic mass is 16.5. The van der Waals surface area contributed by atoms with Crippen LogP contribution in [0.3, 0.4) is 0 Å². The van der Waals surface area contributed by atoms with E-state index in [0.29, 0.717) is 6.61 Å². The molecule has 0 atom stereocenters. The Bertz CT molecular complexity index is 534. The van der Waals surface area contributed by atoms with Gasteiger partial charge in [0.2, 0.25) is 0 Å². The number of hydrogen-bond donors (Lipinski definition) is 1. The minimum atomic E-state index is 0.689. The average molecular weight is 287 g/mol. The zero-order valence-electron chi connectivity index (χ0n) is 13.3. The molecule has 0 radical (unpaired) electrons. The topological polar surface area (TPSA) is 28.9 Å². The van der Waals surface area contributed by atoms with E-state index in [1.54, 1.807) is 0 Å². The molecule has 0 fully saturated rings. The lowest BCUT2D eigenvalue weighted by molar-refractivity contribution is -0.685. The van der Waals surface area contributed by atoms with Crippen LogP contribution in [0, 0.1) is 0 Å². The molecule has 1 heterocycles. The zero-order chi connectivity index (χ0) is 14.9. The number of aromatic amines is 1. The van der Waals surface area contributed by atoms with Crippen molar-refractivity contribution < 1.29 is 9.30 Å². The fourth-order valence-electron chi connectivity index (χ4n) is 2.61. The summed E-state index contributed by atoms with van der Waals surface area (Å²) >= 11 is 0. The molecule has 0 bridgehead atoms. The number of para-hydroxylation sites is 1. The van der Waals surface area contributed by atoms with Gasteiger partial charge in [-0.15, -0.1) is 0 Å². The highest BCUT2D eigenvalue weighted by molar-refractivity contribution is 5.61. The second-order valence-corrected chi connectivity index (χ2v) is 5.35. The molecular weight excluding hydrogens is 260 g/mol. The third-order valence-electron chi connectivity index (χ3n) is 3.71. The molecular formula is C18H27N2O+. The first kappa shape index (κ1) is 15.6. The first-order valence-electron chi connectivity index (χ1n) is 8.15. The van der Waals surface area contributed by atoms with Gasteiger partial charge in [-0.2, -0.15) is 0 Å². The first-order valence-corrected chi connectivity index (χ1v) is 8.15. The van der Waals surface area contributed by atoms with E-state index in [0.717, 1.165) is 23.7 Å². The van der Waals surface area contributed by atoms with E-state index in [1.807, 2.05) is 25.3 Å². The van der Waals surface area contributed by atoms with Crippen molar-refractivity contribution in [3.8, 4) is 17.1 Å². The summed E-state index contributed by atoms with van der Waals surface area (Å²) in [5, 5.41) is 0. The number of hydrogen-bond acceptors (Lipinski definition) is 1. The van der Waals surface area contributed by atoms with Crippen molar-refractivity contribution in [1.29, 1.82) is 0 Å². The van der Waals surface area contributed by atoms with Crippen molar-refractivity contribution in [2.45, 2.75) is 52.5 Å². The van der Waals surface area contributed by atoms with E-state index < -0.39 is 0 Å². The number of unbranched alkanes of at least 4 members (excludes halogenated alkanes) is 4. The number of H-pyrrole nitrogens is 1. The molecule has 21 heavy (non-hydrogen) atoms. The van der Waals surface area contributed by atoms with Crippen LogP contribution in [-0.4, -0.2) is 11.6 Å². The fraction of sp³-hybridized carbons (Fsp3) is 0.500. The van der Waals surface area contributed by atoms with Crippen LogP contribution >= 0.6 is 0 Å². The summed E-state index contributed by atoms with van der Waals surface area (Å²) in [5.41, 5.74) is 1.14. The number of imidazole rings is 1. The van der Waals surface area contributed by atoms with Crippen molar-refractivity contribution in [2.24, 2.45) is 0 Å². The fourth-order valence-corrected chi connectivity index (χ4v) is 2.61. The SMILES string of the molecule is CCCCCCC[n+]1cc[nH]c1-c1ccccc1OCC. The normalized spacial score (nSPS) is 10.8. The van der Waals surface area contributed by atoms with Gasteiger partial charge in [-0.05, 0) is 31.9 Å². The summed E-state index contributed by atoms with van der Waals surface area (Å²) in [4.78, 5) is 3.36. The van der Waals surface area contributed by atoms with Crippen LogP contribution < -0.4 is 9.30 Å². The number of aromatic nitrogens is 2. The number of nitrogens with zero attached hydrogens (tertiary/aromatic N) is 1. The largest absolute Gasteiger partial charge is 0.493 e. The van der Waals surface area contributed by atoms with Crippen molar-refractivity contribution >= 4 is 0 Å². The van der Waals surface area contributed by atoms with Gasteiger partial charge in [-0.25, -0.2) is 9.55 Å². The van der Waals surface area contributed by atoms with Gasteiger partial charge in [0.1, 0.15) is 23.7 Å². The van der Waals surface area contributed by atoms with Crippen LogP contribution in [0.2, 0.25) is 0 Å². The van der Waals surface area contributed by atoms with Crippen LogP contribution in [0.25, 0.3) is 11.4 Å². The molecule has 0 aliphatic rings. The van der Waals surface area contributed by atoms with E-state index in [4.69, 9.17) is 4.74 Å². The maximum absolute atomic E-state index is 5.74. The van der Waals surface area contributed by atoms with Gasteiger partial charge in [0.25, 0.3) is 5.82 Å². The summed E-state index contributed by atoms with van der Waals surface area (Å²) in [6.45, 7) is 6.02. The predicted molar refractivity (Wildman–Crippen MR) is 86.4 cm³/mol. The minimum absolute atomic E-state index is 0.689. The Hall–Kier alpha value is -1.77. The van der Waals surface area contributed by atoms with Gasteiger partial charge in [0.15, 0.2) is 0 Å². The third-order valence-corrected chi connectivity index (χ3v) is 3.71. The molecule has 0 saturated heterocycles. The van der Waals surface area contributed by atoms with E-state index >= 15 is 0 Å². The van der Waals surface area contributed by atoms with Crippen molar-refractivity contribution in [3.05, 3.63) is 36.7 Å². The highest BCUT2D eigenvalue weighted by Gasteiger charge is 2.17. The molecule has 3 heteroatoms. The molecule has 0 aliphatic heterocycles. The lowest BCUT2D eigenvalue weighted by atomic mass is 10.1. The molecule has 0 unspecified atom stereocenters. The monoisotopic (exact) mass is 287 g/mol. The van der Waals surface area contributed by atoms with Crippen LogP contribution in [0.4, 0.5) is 0 Å². The molecule has 1 aromatic carbocycles. The number of ether oxygens (including phenoxy) is 1. The number of benzene rings is 1. The Morgan fingerprint density at radius 3 is 2.67 bits per heavy atom.